The Bertz CT molecular complexity index is 1420. The maximum atomic E-state index is 6.56. The Balaban J connectivity index is 1.64. The van der Waals surface area contributed by atoms with Gasteiger partial charge in [0.1, 0.15) is 5.75 Å². The second-order valence-corrected chi connectivity index (χ2v) is 7.78. The Morgan fingerprint density at radius 1 is 1.09 bits per heavy atom. The molecule has 0 aliphatic carbocycles. The number of ether oxygens (including phenoxy) is 1. The maximum absolute atomic E-state index is 6.56. The SMILES string of the molecule is CCOc1ccc(Cl)c(-c2nnc3c(C)nc4ccc(CNc5cccnc5)cc4n23)c1. The molecule has 0 fully saturated rings. The maximum Gasteiger partial charge on any atom is 0.183 e. The van der Waals surface area contributed by atoms with E-state index in [1.165, 1.54) is 0 Å². The van der Waals surface area contributed by atoms with Crippen LogP contribution in [0.15, 0.2) is 60.9 Å². The highest BCUT2D eigenvalue weighted by Gasteiger charge is 2.17. The summed E-state index contributed by atoms with van der Waals surface area (Å²) in [5.74, 6) is 1.39. The summed E-state index contributed by atoms with van der Waals surface area (Å²) in [5.41, 5.74) is 6.09. The van der Waals surface area contributed by atoms with Gasteiger partial charge in [-0.25, -0.2) is 4.98 Å². The first-order valence-corrected chi connectivity index (χ1v) is 10.7. The average molecular weight is 445 g/mol. The standard InChI is InChI=1S/C24H21ClN6O/c1-3-32-18-7-8-20(25)19(12-18)24-30-29-23-15(2)28-21-9-6-16(11-22(21)31(23)24)13-27-17-5-4-10-26-14-17/h4-12,14,27H,3,13H2,1-2H3. The fourth-order valence-corrected chi connectivity index (χ4v) is 3.91. The molecule has 0 bridgehead atoms. The van der Waals surface area contributed by atoms with Crippen LogP contribution < -0.4 is 10.1 Å². The topological polar surface area (TPSA) is 77.2 Å². The number of aromatic nitrogens is 5. The number of hydrogen-bond acceptors (Lipinski definition) is 6. The number of nitrogens with one attached hydrogen (secondary N) is 1. The highest BCUT2D eigenvalue weighted by Crippen LogP contribution is 2.32. The number of halogens is 1. The molecule has 5 aromatic rings. The largest absolute Gasteiger partial charge is 0.494 e. The molecule has 0 spiro atoms. The van der Waals surface area contributed by atoms with Crippen LogP contribution in [0, 0.1) is 6.92 Å². The summed E-state index contributed by atoms with van der Waals surface area (Å²) in [4.78, 5) is 8.88. The van der Waals surface area contributed by atoms with Crippen LogP contribution in [0.1, 0.15) is 18.2 Å². The van der Waals surface area contributed by atoms with E-state index in [1.807, 2.05) is 54.6 Å². The number of hydrogen-bond donors (Lipinski definition) is 1. The predicted molar refractivity (Wildman–Crippen MR) is 126 cm³/mol. The molecule has 0 aliphatic rings. The van der Waals surface area contributed by atoms with Crippen molar-refractivity contribution in [2.75, 3.05) is 11.9 Å². The van der Waals surface area contributed by atoms with Gasteiger partial charge in [-0.3, -0.25) is 9.38 Å². The van der Waals surface area contributed by atoms with Crippen molar-refractivity contribution < 1.29 is 4.74 Å². The lowest BCUT2D eigenvalue weighted by atomic mass is 10.1. The van der Waals surface area contributed by atoms with Crippen LogP contribution in [0.25, 0.3) is 28.1 Å². The normalized spacial score (nSPS) is 11.2. The van der Waals surface area contributed by atoms with Gasteiger partial charge in [0.25, 0.3) is 0 Å². The third kappa shape index (κ3) is 3.71. The van der Waals surface area contributed by atoms with Crippen molar-refractivity contribution in [3.05, 3.63) is 77.2 Å². The Morgan fingerprint density at radius 3 is 2.81 bits per heavy atom. The molecule has 160 valence electrons. The molecule has 7 nitrogen and oxygen atoms in total. The third-order valence-corrected chi connectivity index (χ3v) is 5.53. The predicted octanol–water partition coefficient (Wildman–Crippen LogP) is 5.31. The highest BCUT2D eigenvalue weighted by atomic mass is 35.5. The molecule has 0 atom stereocenters. The minimum absolute atomic E-state index is 0.570. The molecule has 0 aliphatic heterocycles. The van der Waals surface area contributed by atoms with Crippen LogP contribution in [-0.4, -0.2) is 31.2 Å². The molecule has 1 N–H and O–H groups in total. The summed E-state index contributed by atoms with van der Waals surface area (Å²) in [6.45, 7) is 5.10. The van der Waals surface area contributed by atoms with Gasteiger partial charge in [0.15, 0.2) is 11.5 Å². The molecule has 3 aromatic heterocycles. The number of nitrogens with zero attached hydrogens (tertiary/aromatic N) is 5. The Hall–Kier alpha value is -3.71. The first-order valence-electron chi connectivity index (χ1n) is 10.3. The summed E-state index contributed by atoms with van der Waals surface area (Å²) in [6, 6.07) is 15.7. The fourth-order valence-electron chi connectivity index (χ4n) is 3.71. The molecule has 0 saturated heterocycles. The van der Waals surface area contributed by atoms with E-state index in [4.69, 9.17) is 21.3 Å². The van der Waals surface area contributed by atoms with Gasteiger partial charge in [0.05, 0.1) is 34.0 Å². The molecule has 0 amide bonds. The molecular formula is C24H21ClN6O. The van der Waals surface area contributed by atoms with Crippen molar-refractivity contribution in [3.8, 4) is 17.1 Å². The minimum atomic E-state index is 0.570. The molecule has 0 unspecified atom stereocenters. The average Bonchev–Trinajstić information content (AvgIpc) is 3.26. The van der Waals surface area contributed by atoms with Crippen molar-refractivity contribution in [2.24, 2.45) is 0 Å². The monoisotopic (exact) mass is 444 g/mol. The van der Waals surface area contributed by atoms with E-state index in [-0.39, 0.29) is 0 Å². The van der Waals surface area contributed by atoms with Crippen LogP contribution >= 0.6 is 11.6 Å². The van der Waals surface area contributed by atoms with Gasteiger partial charge in [-0.15, -0.1) is 10.2 Å². The summed E-state index contributed by atoms with van der Waals surface area (Å²) >= 11 is 6.56. The van der Waals surface area contributed by atoms with Gasteiger partial charge < -0.3 is 10.1 Å². The summed E-state index contributed by atoms with van der Waals surface area (Å²) < 4.78 is 7.69. The van der Waals surface area contributed by atoms with Gasteiger partial charge in [-0.1, -0.05) is 17.7 Å². The van der Waals surface area contributed by atoms with Crippen molar-refractivity contribution in [2.45, 2.75) is 20.4 Å². The zero-order valence-electron chi connectivity index (χ0n) is 17.7. The quantitative estimate of drug-likeness (QED) is 0.382. The fraction of sp³-hybridized carbons (Fsp3) is 0.167. The lowest BCUT2D eigenvalue weighted by Gasteiger charge is -2.11. The number of pyridine rings is 1. The van der Waals surface area contributed by atoms with Crippen molar-refractivity contribution in [1.82, 2.24) is 24.6 Å². The Labute approximate surface area is 190 Å². The van der Waals surface area contributed by atoms with E-state index in [2.05, 4.69) is 32.6 Å². The number of fused-ring (bicyclic) bond motifs is 3. The zero-order chi connectivity index (χ0) is 22.1. The third-order valence-electron chi connectivity index (χ3n) is 5.20. The van der Waals surface area contributed by atoms with Crippen molar-refractivity contribution in [3.63, 3.8) is 0 Å². The van der Waals surface area contributed by atoms with Crippen molar-refractivity contribution in [1.29, 1.82) is 0 Å². The molecule has 3 heterocycles. The minimum Gasteiger partial charge on any atom is -0.494 e. The van der Waals surface area contributed by atoms with Gasteiger partial charge in [-0.2, -0.15) is 0 Å². The zero-order valence-corrected chi connectivity index (χ0v) is 18.5. The number of aryl methyl sites for hydroxylation is 1. The smallest absolute Gasteiger partial charge is 0.183 e. The summed E-state index contributed by atoms with van der Waals surface area (Å²) in [6.07, 6.45) is 3.56. The Morgan fingerprint density at radius 2 is 2.00 bits per heavy atom. The molecule has 0 radical (unpaired) electrons. The second-order valence-electron chi connectivity index (χ2n) is 7.37. The second kappa shape index (κ2) is 8.43. The number of benzene rings is 2. The van der Waals surface area contributed by atoms with E-state index in [1.54, 1.807) is 12.4 Å². The van der Waals surface area contributed by atoms with Crippen LogP contribution in [0.5, 0.6) is 5.75 Å². The highest BCUT2D eigenvalue weighted by molar-refractivity contribution is 6.33. The van der Waals surface area contributed by atoms with Crippen LogP contribution in [0.2, 0.25) is 5.02 Å². The summed E-state index contributed by atoms with van der Waals surface area (Å²) in [7, 11) is 0. The van der Waals surface area contributed by atoms with E-state index in [0.29, 0.717) is 29.6 Å². The molecule has 2 aromatic carbocycles. The van der Waals surface area contributed by atoms with Gasteiger partial charge in [0.2, 0.25) is 0 Å². The molecule has 5 rings (SSSR count). The lowest BCUT2D eigenvalue weighted by molar-refractivity contribution is 0.340. The molecular weight excluding hydrogens is 424 g/mol. The first kappa shape index (κ1) is 20.2. The molecule has 32 heavy (non-hydrogen) atoms. The van der Waals surface area contributed by atoms with Crippen LogP contribution in [0.3, 0.4) is 0 Å². The van der Waals surface area contributed by atoms with E-state index in [9.17, 15) is 0 Å². The molecule has 0 saturated carbocycles. The lowest BCUT2D eigenvalue weighted by Crippen LogP contribution is -2.02. The summed E-state index contributed by atoms with van der Waals surface area (Å²) in [5, 5.41) is 12.9. The van der Waals surface area contributed by atoms with Gasteiger partial charge >= 0.3 is 0 Å². The van der Waals surface area contributed by atoms with Crippen LogP contribution in [-0.2, 0) is 6.54 Å². The molecule has 8 heteroatoms. The number of rotatable bonds is 6. The van der Waals surface area contributed by atoms with Crippen LogP contribution in [0.4, 0.5) is 5.69 Å². The van der Waals surface area contributed by atoms with E-state index < -0.39 is 0 Å². The Kier molecular flexibility index (Phi) is 5.33. The van der Waals surface area contributed by atoms with Gasteiger partial charge in [0, 0.05) is 24.5 Å². The van der Waals surface area contributed by atoms with E-state index in [0.717, 1.165) is 39.3 Å². The van der Waals surface area contributed by atoms with E-state index >= 15 is 0 Å². The van der Waals surface area contributed by atoms with Crippen molar-refractivity contribution >= 4 is 34.0 Å². The van der Waals surface area contributed by atoms with Gasteiger partial charge in [-0.05, 0) is 61.9 Å². The number of anilines is 1. The first-order chi connectivity index (χ1) is 15.6.